The summed E-state index contributed by atoms with van der Waals surface area (Å²) in [6.45, 7) is 1.53. The number of guanidine groups is 1. The quantitative estimate of drug-likeness (QED) is 0.431. The summed E-state index contributed by atoms with van der Waals surface area (Å²) in [5.74, 6) is -2.36. The largest absolute Gasteiger partial charge is 0.326 e. The minimum Gasteiger partial charge on any atom is -0.326 e. The zero-order valence-corrected chi connectivity index (χ0v) is 16.5. The molecule has 0 aliphatic rings. The predicted octanol–water partition coefficient (Wildman–Crippen LogP) is 3.72. The van der Waals surface area contributed by atoms with E-state index < -0.39 is 17.5 Å². The molecule has 3 rings (SSSR count). The van der Waals surface area contributed by atoms with E-state index in [1.165, 1.54) is 13.0 Å². The number of halogens is 2. The van der Waals surface area contributed by atoms with Gasteiger partial charge in [-0.3, -0.25) is 19.9 Å². The third kappa shape index (κ3) is 6.70. The molecule has 3 aromatic rings. The molecule has 0 atom stereocenters. The van der Waals surface area contributed by atoms with Gasteiger partial charge in [0.05, 0.1) is 6.54 Å². The van der Waals surface area contributed by atoms with Gasteiger partial charge in [-0.15, -0.1) is 0 Å². The van der Waals surface area contributed by atoms with Crippen molar-refractivity contribution < 1.29 is 18.4 Å². The molecule has 1 aromatic heterocycles. The van der Waals surface area contributed by atoms with Crippen molar-refractivity contribution in [2.75, 3.05) is 10.6 Å². The first-order chi connectivity index (χ1) is 14.9. The van der Waals surface area contributed by atoms with Crippen LogP contribution < -0.4 is 16.0 Å². The van der Waals surface area contributed by atoms with Crippen LogP contribution in [0.25, 0.3) is 0 Å². The lowest BCUT2D eigenvalue weighted by Crippen LogP contribution is -2.36. The van der Waals surface area contributed by atoms with Crippen LogP contribution in [0.2, 0.25) is 0 Å². The number of aromatic nitrogens is 1. The van der Waals surface area contributed by atoms with Gasteiger partial charge in [0.1, 0.15) is 11.6 Å². The number of anilines is 2. The topological polar surface area (TPSA) is 95.5 Å². The van der Waals surface area contributed by atoms with Crippen molar-refractivity contribution >= 4 is 29.1 Å². The van der Waals surface area contributed by atoms with Gasteiger partial charge in [0.25, 0.3) is 5.91 Å². The number of carbonyl (C=O) groups is 2. The van der Waals surface area contributed by atoms with Crippen molar-refractivity contribution in [1.29, 1.82) is 0 Å². The molecule has 0 aliphatic carbocycles. The molecule has 31 heavy (non-hydrogen) atoms. The SMILES string of the molecule is CC(=O)Nc1cccc(C(=O)NC(=NCc2cccnc2)Nc2cc(F)cc(F)c2)c1. The van der Waals surface area contributed by atoms with Crippen molar-refractivity contribution in [3.63, 3.8) is 0 Å². The lowest BCUT2D eigenvalue weighted by Gasteiger charge is -2.13. The van der Waals surface area contributed by atoms with Crippen molar-refractivity contribution in [2.24, 2.45) is 4.99 Å². The van der Waals surface area contributed by atoms with E-state index in [9.17, 15) is 18.4 Å². The fraction of sp³-hybridized carbons (Fsp3) is 0.0909. The Morgan fingerprint density at radius 2 is 1.74 bits per heavy atom. The standard InChI is InChI=1S/C22H19F2N5O2/c1-14(30)27-19-6-2-5-16(8-19)21(31)29-22(26-13-15-4-3-7-25-12-15)28-20-10-17(23)9-18(24)11-20/h2-12H,13H2,1H3,(H,27,30)(H2,26,28,29,31). The number of nitrogens with one attached hydrogen (secondary N) is 3. The Balaban J connectivity index is 1.83. The molecule has 0 radical (unpaired) electrons. The molecule has 0 spiro atoms. The fourth-order valence-corrected chi connectivity index (χ4v) is 2.66. The molecule has 2 aromatic carbocycles. The first-order valence-corrected chi connectivity index (χ1v) is 9.24. The van der Waals surface area contributed by atoms with Crippen LogP contribution in [0.5, 0.6) is 0 Å². The van der Waals surface area contributed by atoms with Gasteiger partial charge in [-0.25, -0.2) is 13.8 Å². The zero-order valence-electron chi connectivity index (χ0n) is 16.5. The molecule has 0 aliphatic heterocycles. The second kappa shape index (κ2) is 10.1. The molecule has 2 amide bonds. The minimum atomic E-state index is -0.775. The molecule has 158 valence electrons. The maximum absolute atomic E-state index is 13.6. The number of hydrogen-bond donors (Lipinski definition) is 3. The van der Waals surface area contributed by atoms with Gasteiger partial charge >= 0.3 is 0 Å². The normalized spacial score (nSPS) is 11.0. The highest BCUT2D eigenvalue weighted by Crippen LogP contribution is 2.14. The van der Waals surface area contributed by atoms with Gasteiger partial charge in [-0.2, -0.15) is 0 Å². The van der Waals surface area contributed by atoms with Gasteiger partial charge in [0.15, 0.2) is 0 Å². The molecule has 0 saturated heterocycles. The van der Waals surface area contributed by atoms with Crippen molar-refractivity contribution in [2.45, 2.75) is 13.5 Å². The lowest BCUT2D eigenvalue weighted by atomic mass is 10.2. The Kier molecular flexibility index (Phi) is 7.00. The van der Waals surface area contributed by atoms with Crippen LogP contribution in [0.3, 0.4) is 0 Å². The highest BCUT2D eigenvalue weighted by atomic mass is 19.1. The zero-order chi connectivity index (χ0) is 22.2. The van der Waals surface area contributed by atoms with Crippen LogP contribution in [0.4, 0.5) is 20.2 Å². The van der Waals surface area contributed by atoms with Crippen molar-refractivity contribution in [3.05, 3.63) is 89.8 Å². The number of aliphatic imine (C=N–C) groups is 1. The summed E-state index contributed by atoms with van der Waals surface area (Å²) >= 11 is 0. The molecular formula is C22H19F2N5O2. The molecule has 3 N–H and O–H groups in total. The highest BCUT2D eigenvalue weighted by Gasteiger charge is 2.12. The molecular weight excluding hydrogens is 404 g/mol. The third-order valence-electron chi connectivity index (χ3n) is 3.94. The summed E-state index contributed by atoms with van der Waals surface area (Å²) in [6.07, 6.45) is 3.23. The molecule has 9 heteroatoms. The fourth-order valence-electron chi connectivity index (χ4n) is 2.66. The van der Waals surface area contributed by atoms with Crippen LogP contribution in [-0.4, -0.2) is 22.8 Å². The van der Waals surface area contributed by atoms with Crippen LogP contribution >= 0.6 is 0 Å². The second-order valence-corrected chi connectivity index (χ2v) is 6.53. The molecule has 0 bridgehead atoms. The third-order valence-corrected chi connectivity index (χ3v) is 3.94. The summed E-state index contributed by atoms with van der Waals surface area (Å²) in [5.41, 5.74) is 1.56. The Morgan fingerprint density at radius 3 is 2.42 bits per heavy atom. The average molecular weight is 423 g/mol. The predicted molar refractivity (Wildman–Crippen MR) is 114 cm³/mol. The highest BCUT2D eigenvalue weighted by molar-refractivity contribution is 6.10. The van der Waals surface area contributed by atoms with Gasteiger partial charge < -0.3 is 10.6 Å². The number of pyridine rings is 1. The molecule has 0 saturated carbocycles. The summed E-state index contributed by atoms with van der Waals surface area (Å²) in [4.78, 5) is 32.3. The van der Waals surface area contributed by atoms with Crippen LogP contribution in [0.1, 0.15) is 22.8 Å². The Labute approximate surface area is 177 Å². The number of rotatable bonds is 5. The summed E-state index contributed by atoms with van der Waals surface area (Å²) in [6, 6.07) is 12.7. The Bertz CT molecular complexity index is 1100. The number of amides is 2. The minimum absolute atomic E-state index is 0.0104. The Morgan fingerprint density at radius 1 is 0.968 bits per heavy atom. The lowest BCUT2D eigenvalue weighted by molar-refractivity contribution is -0.114. The van der Waals surface area contributed by atoms with Gasteiger partial charge in [-0.1, -0.05) is 12.1 Å². The first-order valence-electron chi connectivity index (χ1n) is 9.24. The molecule has 0 fully saturated rings. The van der Waals surface area contributed by atoms with Crippen LogP contribution in [-0.2, 0) is 11.3 Å². The number of nitrogens with zero attached hydrogens (tertiary/aromatic N) is 2. The van der Waals surface area contributed by atoms with Crippen LogP contribution in [0, 0.1) is 11.6 Å². The number of benzene rings is 2. The van der Waals surface area contributed by atoms with E-state index in [0.29, 0.717) is 5.69 Å². The van der Waals surface area contributed by atoms with Gasteiger partial charge in [0.2, 0.25) is 11.9 Å². The monoisotopic (exact) mass is 423 g/mol. The average Bonchev–Trinajstić information content (AvgIpc) is 2.72. The number of hydrogen-bond acceptors (Lipinski definition) is 4. The van der Waals surface area contributed by atoms with Crippen molar-refractivity contribution in [3.8, 4) is 0 Å². The van der Waals surface area contributed by atoms with E-state index in [-0.39, 0.29) is 29.7 Å². The number of carbonyl (C=O) groups excluding carboxylic acids is 2. The van der Waals surface area contributed by atoms with Gasteiger partial charge in [-0.05, 0) is 42.0 Å². The van der Waals surface area contributed by atoms with E-state index in [2.05, 4.69) is 25.9 Å². The van der Waals surface area contributed by atoms with Gasteiger partial charge in [0, 0.05) is 42.3 Å². The maximum Gasteiger partial charge on any atom is 0.258 e. The van der Waals surface area contributed by atoms with Crippen molar-refractivity contribution in [1.82, 2.24) is 10.3 Å². The second-order valence-electron chi connectivity index (χ2n) is 6.53. The first kappa shape index (κ1) is 21.6. The summed E-state index contributed by atoms with van der Waals surface area (Å²) in [5, 5.41) is 7.92. The smallest absolute Gasteiger partial charge is 0.258 e. The van der Waals surface area contributed by atoms with E-state index in [1.807, 2.05) is 0 Å². The van der Waals surface area contributed by atoms with E-state index in [1.54, 1.807) is 42.7 Å². The van der Waals surface area contributed by atoms with Crippen LogP contribution in [0.15, 0.2) is 72.0 Å². The van der Waals surface area contributed by atoms with E-state index in [0.717, 1.165) is 23.8 Å². The molecule has 0 unspecified atom stereocenters. The summed E-state index contributed by atoms with van der Waals surface area (Å²) in [7, 11) is 0. The molecule has 1 heterocycles. The molecule has 7 nitrogen and oxygen atoms in total. The summed E-state index contributed by atoms with van der Waals surface area (Å²) < 4.78 is 27.1. The maximum atomic E-state index is 13.6. The van der Waals surface area contributed by atoms with E-state index >= 15 is 0 Å². The van der Waals surface area contributed by atoms with E-state index in [4.69, 9.17) is 0 Å². The Hall–Kier alpha value is -4.14.